The highest BCUT2D eigenvalue weighted by Gasteiger charge is 2.04. The van der Waals surface area contributed by atoms with Crippen LogP contribution in [0.5, 0.6) is 5.75 Å². The summed E-state index contributed by atoms with van der Waals surface area (Å²) in [5.74, 6) is 0.184. The summed E-state index contributed by atoms with van der Waals surface area (Å²) in [7, 11) is 0. The molecule has 4 nitrogen and oxygen atoms in total. The molecule has 0 spiro atoms. The van der Waals surface area contributed by atoms with E-state index in [0.29, 0.717) is 15.7 Å². The Kier molecular flexibility index (Phi) is 4.47. The van der Waals surface area contributed by atoms with Crippen LogP contribution in [0.15, 0.2) is 35.3 Å². The summed E-state index contributed by atoms with van der Waals surface area (Å²) >= 11 is 11.7. The standard InChI is InChI=1S/C13H11Cl2NO3/c14-10-2-1-8(3-11(10)15)7-19-13-5-16-9(6-17)4-12(13)18/h1-5,17H,6-7H2,(H,16,18). The maximum atomic E-state index is 11.6. The molecule has 2 rings (SSSR count). The number of ether oxygens (including phenoxy) is 1. The largest absolute Gasteiger partial charge is 0.483 e. The molecule has 0 amide bonds. The summed E-state index contributed by atoms with van der Waals surface area (Å²) in [5, 5.41) is 9.78. The third-order valence-electron chi connectivity index (χ3n) is 2.49. The molecule has 2 N–H and O–H groups in total. The van der Waals surface area contributed by atoms with Crippen LogP contribution in [0.3, 0.4) is 0 Å². The number of nitrogens with one attached hydrogen (secondary N) is 1. The Morgan fingerprint density at radius 3 is 2.63 bits per heavy atom. The number of hydrogen-bond donors (Lipinski definition) is 2. The van der Waals surface area contributed by atoms with Gasteiger partial charge in [0.05, 0.1) is 16.7 Å². The quantitative estimate of drug-likeness (QED) is 0.912. The molecule has 1 aromatic heterocycles. The van der Waals surface area contributed by atoms with Crippen LogP contribution in [0.25, 0.3) is 0 Å². The van der Waals surface area contributed by atoms with Crippen molar-refractivity contribution in [2.24, 2.45) is 0 Å². The van der Waals surface area contributed by atoms with Gasteiger partial charge >= 0.3 is 0 Å². The summed E-state index contributed by atoms with van der Waals surface area (Å²) in [5.41, 5.74) is 0.954. The lowest BCUT2D eigenvalue weighted by Gasteiger charge is -2.07. The van der Waals surface area contributed by atoms with Crippen molar-refractivity contribution in [3.63, 3.8) is 0 Å². The number of pyridine rings is 1. The van der Waals surface area contributed by atoms with Gasteiger partial charge in [0, 0.05) is 18.0 Å². The summed E-state index contributed by atoms with van der Waals surface area (Å²) in [6, 6.07) is 6.41. The highest BCUT2D eigenvalue weighted by Crippen LogP contribution is 2.23. The maximum absolute atomic E-state index is 11.6. The molecule has 0 saturated carbocycles. The van der Waals surface area contributed by atoms with Gasteiger partial charge in [0.25, 0.3) is 0 Å². The molecule has 1 heterocycles. The van der Waals surface area contributed by atoms with E-state index in [1.165, 1.54) is 12.3 Å². The van der Waals surface area contributed by atoms with E-state index in [2.05, 4.69) is 4.98 Å². The van der Waals surface area contributed by atoms with Crippen molar-refractivity contribution in [1.29, 1.82) is 0 Å². The summed E-state index contributed by atoms with van der Waals surface area (Å²) in [6.45, 7) is -0.0131. The minimum absolute atomic E-state index is 0.184. The molecule has 6 heteroatoms. The first-order valence-corrected chi connectivity index (χ1v) is 6.25. The Labute approximate surface area is 119 Å². The van der Waals surface area contributed by atoms with Gasteiger partial charge in [-0.3, -0.25) is 4.79 Å². The topological polar surface area (TPSA) is 62.3 Å². The van der Waals surface area contributed by atoms with Gasteiger partial charge in [-0.15, -0.1) is 0 Å². The van der Waals surface area contributed by atoms with E-state index in [0.717, 1.165) is 5.56 Å². The van der Waals surface area contributed by atoms with E-state index in [-0.39, 0.29) is 24.4 Å². The smallest absolute Gasteiger partial charge is 0.223 e. The monoisotopic (exact) mass is 299 g/mol. The Morgan fingerprint density at radius 1 is 1.21 bits per heavy atom. The van der Waals surface area contributed by atoms with Gasteiger partial charge in [-0.25, -0.2) is 0 Å². The number of aliphatic hydroxyl groups excluding tert-OH is 1. The summed E-state index contributed by atoms with van der Waals surface area (Å²) in [4.78, 5) is 14.4. The zero-order valence-corrected chi connectivity index (χ0v) is 11.3. The Hall–Kier alpha value is -1.49. The first-order valence-electron chi connectivity index (χ1n) is 5.49. The van der Waals surface area contributed by atoms with Crippen LogP contribution in [0, 0.1) is 0 Å². The Morgan fingerprint density at radius 2 is 2.00 bits per heavy atom. The third-order valence-corrected chi connectivity index (χ3v) is 3.22. The van der Waals surface area contributed by atoms with Crippen molar-refractivity contribution in [2.75, 3.05) is 0 Å². The highest BCUT2D eigenvalue weighted by molar-refractivity contribution is 6.42. The van der Waals surface area contributed by atoms with Gasteiger partial charge in [-0.1, -0.05) is 29.3 Å². The molecule has 19 heavy (non-hydrogen) atoms. The fourth-order valence-corrected chi connectivity index (χ4v) is 1.82. The first kappa shape index (κ1) is 13.9. The second-order valence-electron chi connectivity index (χ2n) is 3.88. The van der Waals surface area contributed by atoms with E-state index < -0.39 is 0 Å². The van der Waals surface area contributed by atoms with Crippen molar-refractivity contribution in [2.45, 2.75) is 13.2 Å². The average molecular weight is 300 g/mol. The van der Waals surface area contributed by atoms with E-state index in [9.17, 15) is 4.79 Å². The van der Waals surface area contributed by atoms with Crippen molar-refractivity contribution in [1.82, 2.24) is 4.98 Å². The number of benzene rings is 1. The van der Waals surface area contributed by atoms with E-state index in [4.69, 9.17) is 33.0 Å². The predicted octanol–water partition coefficient (Wildman–Crippen LogP) is 2.75. The normalized spacial score (nSPS) is 10.5. The summed E-state index contributed by atoms with van der Waals surface area (Å²) in [6.07, 6.45) is 1.42. The van der Waals surface area contributed by atoms with Crippen LogP contribution in [-0.4, -0.2) is 10.1 Å². The number of hydrogen-bond acceptors (Lipinski definition) is 3. The molecule has 0 saturated heterocycles. The Balaban J connectivity index is 2.10. The zero-order chi connectivity index (χ0) is 13.8. The van der Waals surface area contributed by atoms with Crippen molar-refractivity contribution in [3.05, 3.63) is 62.0 Å². The van der Waals surface area contributed by atoms with E-state index >= 15 is 0 Å². The van der Waals surface area contributed by atoms with Crippen molar-refractivity contribution >= 4 is 23.2 Å². The molecule has 0 radical (unpaired) electrons. The van der Waals surface area contributed by atoms with E-state index in [1.54, 1.807) is 18.2 Å². The van der Waals surface area contributed by atoms with Gasteiger partial charge < -0.3 is 14.8 Å². The first-order chi connectivity index (χ1) is 9.10. The number of rotatable bonds is 4. The molecule has 0 bridgehead atoms. The average Bonchev–Trinajstić information content (AvgIpc) is 2.41. The third kappa shape index (κ3) is 3.50. The number of aromatic amines is 1. The minimum atomic E-state index is -0.289. The van der Waals surface area contributed by atoms with E-state index in [1.807, 2.05) is 0 Å². The van der Waals surface area contributed by atoms with Gasteiger partial charge in [0.2, 0.25) is 5.43 Å². The highest BCUT2D eigenvalue weighted by atomic mass is 35.5. The second kappa shape index (κ2) is 6.10. The number of H-pyrrole nitrogens is 1. The van der Waals surface area contributed by atoms with Crippen LogP contribution < -0.4 is 10.2 Å². The molecule has 0 fully saturated rings. The van der Waals surface area contributed by atoms with Crippen LogP contribution in [0.4, 0.5) is 0 Å². The molecule has 2 aromatic rings. The van der Waals surface area contributed by atoms with Gasteiger partial charge in [0.1, 0.15) is 6.61 Å². The second-order valence-corrected chi connectivity index (χ2v) is 4.70. The molecular weight excluding hydrogens is 289 g/mol. The van der Waals surface area contributed by atoms with Gasteiger partial charge in [-0.2, -0.15) is 0 Å². The molecule has 0 aliphatic heterocycles. The number of aromatic nitrogens is 1. The molecule has 0 unspecified atom stereocenters. The minimum Gasteiger partial charge on any atom is -0.483 e. The van der Waals surface area contributed by atoms with Crippen LogP contribution in [0.2, 0.25) is 10.0 Å². The van der Waals surface area contributed by atoms with Gasteiger partial charge in [-0.05, 0) is 17.7 Å². The molecular formula is C13H11Cl2NO3. The van der Waals surface area contributed by atoms with Crippen molar-refractivity contribution in [3.8, 4) is 5.75 Å². The zero-order valence-electron chi connectivity index (χ0n) is 9.82. The summed E-state index contributed by atoms with van der Waals surface area (Å²) < 4.78 is 5.39. The van der Waals surface area contributed by atoms with Gasteiger partial charge in [0.15, 0.2) is 5.75 Å². The molecule has 0 aliphatic carbocycles. The van der Waals surface area contributed by atoms with Crippen LogP contribution in [-0.2, 0) is 13.2 Å². The van der Waals surface area contributed by atoms with Crippen LogP contribution in [0.1, 0.15) is 11.3 Å². The number of halogens is 2. The lowest BCUT2D eigenvalue weighted by Crippen LogP contribution is -2.09. The maximum Gasteiger partial charge on any atom is 0.223 e. The fourth-order valence-electron chi connectivity index (χ4n) is 1.50. The predicted molar refractivity (Wildman–Crippen MR) is 73.8 cm³/mol. The fraction of sp³-hybridized carbons (Fsp3) is 0.154. The number of aliphatic hydroxyl groups is 1. The lowest BCUT2D eigenvalue weighted by atomic mass is 10.2. The van der Waals surface area contributed by atoms with Crippen LogP contribution >= 0.6 is 23.2 Å². The van der Waals surface area contributed by atoms with Crippen molar-refractivity contribution < 1.29 is 9.84 Å². The molecule has 100 valence electrons. The Bertz CT molecular complexity index is 640. The lowest BCUT2D eigenvalue weighted by molar-refractivity contribution is 0.274. The molecule has 1 aromatic carbocycles. The molecule has 0 aliphatic rings. The SMILES string of the molecule is O=c1cc(CO)[nH]cc1OCc1ccc(Cl)c(Cl)c1. The molecule has 0 atom stereocenters.